The van der Waals surface area contributed by atoms with Gasteiger partial charge in [-0.2, -0.15) is 17.6 Å². The first kappa shape index (κ1) is 23.4. The summed E-state index contributed by atoms with van der Waals surface area (Å²) in [5.74, 6) is -1.29. The number of halogens is 5. The van der Waals surface area contributed by atoms with Crippen molar-refractivity contribution in [1.29, 1.82) is 0 Å². The molecule has 0 amide bonds. The summed E-state index contributed by atoms with van der Waals surface area (Å²) in [6.07, 6.45) is 4.49. The second kappa shape index (κ2) is 10.3. The van der Waals surface area contributed by atoms with Gasteiger partial charge in [0, 0.05) is 6.07 Å². The maximum Gasteiger partial charge on any atom is 0.426 e. The Hall–Kier alpha value is -2.31. The molecule has 0 radical (unpaired) electrons. The molecule has 0 spiro atoms. The number of benzene rings is 2. The molecule has 170 valence electrons. The van der Waals surface area contributed by atoms with Gasteiger partial charge in [0.15, 0.2) is 11.6 Å². The lowest BCUT2D eigenvalue weighted by Gasteiger charge is -2.29. The summed E-state index contributed by atoms with van der Waals surface area (Å²) in [5.41, 5.74) is 0.675. The Bertz CT molecular complexity index is 830. The molecule has 0 saturated heterocycles. The summed E-state index contributed by atoms with van der Waals surface area (Å²) in [5, 5.41) is 0. The first-order valence-corrected chi connectivity index (χ1v) is 10.7. The maximum atomic E-state index is 14.5. The minimum Gasteiger partial charge on any atom is -0.432 e. The molecule has 0 bridgehead atoms. The normalized spacial score (nSPS) is 19.5. The van der Waals surface area contributed by atoms with Crippen molar-refractivity contribution in [3.63, 3.8) is 0 Å². The van der Waals surface area contributed by atoms with E-state index in [1.165, 1.54) is 44.2 Å². The van der Waals surface area contributed by atoms with E-state index in [4.69, 9.17) is 0 Å². The molecule has 1 fully saturated rings. The Labute approximate surface area is 179 Å². The molecule has 2 nitrogen and oxygen atoms in total. The van der Waals surface area contributed by atoms with Crippen molar-refractivity contribution in [2.45, 2.75) is 70.5 Å². The molecule has 1 aliphatic rings. The number of hydrogen-bond donors (Lipinski definition) is 0. The molecule has 7 heteroatoms. The van der Waals surface area contributed by atoms with Crippen LogP contribution in [0.25, 0.3) is 0 Å². The van der Waals surface area contributed by atoms with E-state index >= 15 is 0 Å². The summed E-state index contributed by atoms with van der Waals surface area (Å²) in [6, 6.07) is 8.42. The van der Waals surface area contributed by atoms with E-state index in [0.29, 0.717) is 12.0 Å². The van der Waals surface area contributed by atoms with E-state index in [1.807, 2.05) is 0 Å². The van der Waals surface area contributed by atoms with Gasteiger partial charge in [-0.3, -0.25) is 0 Å². The maximum absolute atomic E-state index is 14.5. The van der Waals surface area contributed by atoms with E-state index < -0.39 is 30.0 Å². The quantitative estimate of drug-likeness (QED) is 0.366. The lowest BCUT2D eigenvalue weighted by molar-refractivity contribution is -0.185. The third-order valence-electron chi connectivity index (χ3n) is 5.90. The third-order valence-corrected chi connectivity index (χ3v) is 5.90. The standard InChI is InChI=1S/C24H27F5O2/c1-2-3-4-16-5-7-17(8-6-16)18-9-11-19(12-10-18)24(28,29)31-20-13-14-22(21(25)15-20)30-23(26)27/h9-17,23H,2-8H2,1H3. The van der Waals surface area contributed by atoms with Crippen molar-refractivity contribution in [3.8, 4) is 11.5 Å². The topological polar surface area (TPSA) is 18.5 Å². The van der Waals surface area contributed by atoms with Gasteiger partial charge in [0.2, 0.25) is 0 Å². The summed E-state index contributed by atoms with van der Waals surface area (Å²) in [6.45, 7) is -1.02. The van der Waals surface area contributed by atoms with E-state index in [-0.39, 0.29) is 5.56 Å². The molecule has 31 heavy (non-hydrogen) atoms. The zero-order valence-corrected chi connectivity index (χ0v) is 17.4. The van der Waals surface area contributed by atoms with Crippen molar-refractivity contribution in [1.82, 2.24) is 0 Å². The fourth-order valence-corrected chi connectivity index (χ4v) is 4.17. The van der Waals surface area contributed by atoms with Gasteiger partial charge >= 0.3 is 12.7 Å². The van der Waals surface area contributed by atoms with Gasteiger partial charge in [-0.1, -0.05) is 38.3 Å². The molecular formula is C24H27F5O2. The van der Waals surface area contributed by atoms with Crippen LogP contribution in [0.5, 0.6) is 11.5 Å². The van der Waals surface area contributed by atoms with Crippen LogP contribution in [-0.2, 0) is 6.11 Å². The molecule has 0 heterocycles. The Morgan fingerprint density at radius 3 is 2.26 bits per heavy atom. The summed E-state index contributed by atoms with van der Waals surface area (Å²) in [4.78, 5) is 0. The third kappa shape index (κ3) is 6.34. The van der Waals surface area contributed by atoms with Gasteiger partial charge in [0.25, 0.3) is 0 Å². The first-order valence-electron chi connectivity index (χ1n) is 10.7. The van der Waals surface area contributed by atoms with Gasteiger partial charge in [0.05, 0.1) is 5.56 Å². The van der Waals surface area contributed by atoms with E-state index in [9.17, 15) is 22.0 Å². The predicted octanol–water partition coefficient (Wildman–Crippen LogP) is 8.02. The van der Waals surface area contributed by atoms with Gasteiger partial charge in [-0.25, -0.2) is 4.39 Å². The fraction of sp³-hybridized carbons (Fsp3) is 0.500. The second-order valence-corrected chi connectivity index (χ2v) is 8.07. The predicted molar refractivity (Wildman–Crippen MR) is 108 cm³/mol. The minimum absolute atomic E-state index is 0.360. The zero-order chi connectivity index (χ0) is 22.4. The molecule has 0 aliphatic heterocycles. The van der Waals surface area contributed by atoms with Crippen LogP contribution in [0, 0.1) is 11.7 Å². The lowest BCUT2D eigenvalue weighted by Crippen LogP contribution is -2.22. The average Bonchev–Trinajstić information content (AvgIpc) is 2.74. The SMILES string of the molecule is CCCCC1CCC(c2ccc(C(F)(F)Oc3ccc(OC(F)F)c(F)c3)cc2)CC1. The highest BCUT2D eigenvalue weighted by Gasteiger charge is 2.35. The van der Waals surface area contributed by atoms with Gasteiger partial charge < -0.3 is 9.47 Å². The molecule has 1 aliphatic carbocycles. The van der Waals surface area contributed by atoms with E-state index in [0.717, 1.165) is 36.5 Å². The molecule has 1 saturated carbocycles. The molecule has 2 aromatic rings. The fourth-order valence-electron chi connectivity index (χ4n) is 4.17. The van der Waals surface area contributed by atoms with Crippen LogP contribution in [0.1, 0.15) is 68.9 Å². The van der Waals surface area contributed by atoms with Crippen molar-refractivity contribution >= 4 is 0 Å². The van der Waals surface area contributed by atoms with Crippen LogP contribution < -0.4 is 9.47 Å². The second-order valence-electron chi connectivity index (χ2n) is 8.07. The average molecular weight is 442 g/mol. The number of hydrogen-bond acceptors (Lipinski definition) is 2. The van der Waals surface area contributed by atoms with Crippen molar-refractivity contribution in [2.75, 3.05) is 0 Å². The van der Waals surface area contributed by atoms with Crippen LogP contribution >= 0.6 is 0 Å². The molecular weight excluding hydrogens is 415 g/mol. The highest BCUT2D eigenvalue weighted by molar-refractivity contribution is 5.34. The van der Waals surface area contributed by atoms with Gasteiger partial charge in [-0.05, 0) is 67.3 Å². The lowest BCUT2D eigenvalue weighted by atomic mass is 9.77. The Kier molecular flexibility index (Phi) is 7.79. The molecule has 2 aromatic carbocycles. The van der Waals surface area contributed by atoms with Crippen LogP contribution in [0.4, 0.5) is 22.0 Å². The first-order chi connectivity index (χ1) is 14.8. The highest BCUT2D eigenvalue weighted by atomic mass is 19.3. The molecule has 0 aromatic heterocycles. The summed E-state index contributed by atoms with van der Waals surface area (Å²) >= 11 is 0. The van der Waals surface area contributed by atoms with Gasteiger partial charge in [-0.15, -0.1) is 0 Å². The Morgan fingerprint density at radius 1 is 1.00 bits per heavy atom. The molecule has 3 rings (SSSR count). The van der Waals surface area contributed by atoms with E-state index in [2.05, 4.69) is 16.4 Å². The summed E-state index contributed by atoms with van der Waals surface area (Å²) < 4.78 is 75.8. The minimum atomic E-state index is -3.70. The largest absolute Gasteiger partial charge is 0.432 e. The zero-order valence-electron chi connectivity index (χ0n) is 17.4. The smallest absolute Gasteiger partial charge is 0.426 e. The van der Waals surface area contributed by atoms with Crippen molar-refractivity contribution in [3.05, 3.63) is 59.4 Å². The van der Waals surface area contributed by atoms with Crippen LogP contribution in [-0.4, -0.2) is 6.61 Å². The molecule has 0 unspecified atom stereocenters. The number of rotatable bonds is 9. The van der Waals surface area contributed by atoms with Crippen LogP contribution in [0.2, 0.25) is 0 Å². The highest BCUT2D eigenvalue weighted by Crippen LogP contribution is 2.39. The molecule has 0 N–H and O–H groups in total. The van der Waals surface area contributed by atoms with Crippen molar-refractivity contribution in [2.24, 2.45) is 5.92 Å². The number of ether oxygens (including phenoxy) is 2. The number of unbranched alkanes of at least 4 members (excludes halogenated alkanes) is 1. The number of alkyl halides is 4. The van der Waals surface area contributed by atoms with Crippen molar-refractivity contribution < 1.29 is 31.4 Å². The van der Waals surface area contributed by atoms with Crippen LogP contribution in [0.3, 0.4) is 0 Å². The van der Waals surface area contributed by atoms with Crippen LogP contribution in [0.15, 0.2) is 42.5 Å². The molecule has 0 atom stereocenters. The van der Waals surface area contributed by atoms with Gasteiger partial charge in [0.1, 0.15) is 5.75 Å². The monoisotopic (exact) mass is 442 g/mol. The Morgan fingerprint density at radius 2 is 1.68 bits per heavy atom. The van der Waals surface area contributed by atoms with E-state index in [1.54, 1.807) is 12.1 Å². The summed E-state index contributed by atoms with van der Waals surface area (Å²) in [7, 11) is 0. The Balaban J connectivity index is 1.61.